The monoisotopic (exact) mass is 963 g/mol. The Bertz CT molecular complexity index is 2150. The number of allylic oxidation sites excluding steroid dienone is 1. The van der Waals surface area contributed by atoms with Crippen LogP contribution in [-0.4, -0.2) is 124 Å². The van der Waals surface area contributed by atoms with E-state index < -0.39 is 113 Å². The van der Waals surface area contributed by atoms with Crippen molar-refractivity contribution >= 4 is 55.7 Å². The van der Waals surface area contributed by atoms with E-state index >= 15 is 0 Å². The number of azide groups is 1. The van der Waals surface area contributed by atoms with E-state index in [4.69, 9.17) is 19.5 Å². The molecular weight excluding hydrogens is 927 g/mol. The van der Waals surface area contributed by atoms with Crippen LogP contribution in [0.3, 0.4) is 0 Å². The number of hydrogen-bond acceptors (Lipinski definition) is 18. The number of phenols is 1. The number of aliphatic hydroxyl groups is 5. The molecule has 57 heavy (non-hydrogen) atoms. The van der Waals surface area contributed by atoms with Crippen LogP contribution in [0.15, 0.2) is 39.2 Å². The summed E-state index contributed by atoms with van der Waals surface area (Å²) in [6.07, 6.45) is -11.7. The van der Waals surface area contributed by atoms with Gasteiger partial charge in [0.25, 0.3) is 11.5 Å². The maximum absolute atomic E-state index is 12.7. The molecule has 11 N–H and O–H groups in total. The van der Waals surface area contributed by atoms with Crippen molar-refractivity contribution in [3.05, 3.63) is 76.1 Å². The maximum Gasteiger partial charge on any atom is 0.483 e. The SMILES string of the molecule is CC(=O)NC1C(OP(=O)(O)OP(=O)(O)OC[C@H]2O[C@@H](n3cc(C/C=C/NC(=O)c4cc(I)c(N=[N+]=[N-])c(C)c4O)c(=O)[nH]c3=O)[C@H](O)[C@@H]2O)OC(CO)C(O)C1O. The molecule has 3 heterocycles. The van der Waals surface area contributed by atoms with E-state index in [2.05, 4.69) is 29.5 Å². The van der Waals surface area contributed by atoms with Crippen molar-refractivity contribution in [1.29, 1.82) is 0 Å². The summed E-state index contributed by atoms with van der Waals surface area (Å²) in [4.78, 5) is 74.5. The van der Waals surface area contributed by atoms with Gasteiger partial charge >= 0.3 is 21.3 Å². The number of phosphoric acid groups is 2. The van der Waals surface area contributed by atoms with Gasteiger partial charge in [-0.15, -0.1) is 0 Å². The third kappa shape index (κ3) is 11.1. The van der Waals surface area contributed by atoms with E-state index in [0.717, 1.165) is 19.3 Å². The summed E-state index contributed by atoms with van der Waals surface area (Å²) in [6.45, 7) is 0.347. The molecule has 0 radical (unpaired) electrons. The topological polar surface area (TPSA) is 404 Å². The molecule has 2 aliphatic rings. The molecule has 0 aliphatic carbocycles. The number of phosphoric ester groups is 2. The molecule has 314 valence electrons. The van der Waals surface area contributed by atoms with Crippen LogP contribution in [0.2, 0.25) is 0 Å². The minimum Gasteiger partial charge on any atom is -0.507 e. The van der Waals surface area contributed by atoms with Gasteiger partial charge in [0.05, 0.1) is 24.5 Å². The largest absolute Gasteiger partial charge is 0.507 e. The Balaban J connectivity index is 1.40. The normalized spacial score (nSPS) is 28.3. The fourth-order valence-corrected chi connectivity index (χ4v) is 8.47. The number of aromatic hydroxyl groups is 1. The van der Waals surface area contributed by atoms with E-state index in [-0.39, 0.29) is 28.8 Å². The highest BCUT2D eigenvalue weighted by Crippen LogP contribution is 2.61. The average molecular weight is 963 g/mol. The number of nitrogens with one attached hydrogen (secondary N) is 3. The van der Waals surface area contributed by atoms with Gasteiger partial charge in [0.2, 0.25) is 5.91 Å². The molecule has 2 amide bonds. The van der Waals surface area contributed by atoms with Crippen LogP contribution in [0.5, 0.6) is 5.75 Å². The highest BCUT2D eigenvalue weighted by molar-refractivity contribution is 14.1. The van der Waals surface area contributed by atoms with E-state index in [9.17, 15) is 68.7 Å². The van der Waals surface area contributed by atoms with E-state index in [1.54, 1.807) is 0 Å². The van der Waals surface area contributed by atoms with Crippen LogP contribution in [0.4, 0.5) is 5.69 Å². The van der Waals surface area contributed by atoms with Crippen LogP contribution in [0, 0.1) is 10.5 Å². The number of aromatic nitrogens is 2. The fourth-order valence-electron chi connectivity index (χ4n) is 5.49. The Kier molecular flexibility index (Phi) is 15.4. The Morgan fingerprint density at radius 1 is 1.11 bits per heavy atom. The number of H-pyrrole nitrogens is 1. The fraction of sp³-hybridized carbons (Fsp3) is 0.500. The van der Waals surface area contributed by atoms with Gasteiger partial charge in [0, 0.05) is 38.9 Å². The molecule has 7 unspecified atom stereocenters. The molecule has 11 atom stereocenters. The van der Waals surface area contributed by atoms with Crippen molar-refractivity contribution in [3.63, 3.8) is 0 Å². The molecule has 1 aromatic heterocycles. The van der Waals surface area contributed by atoms with Crippen LogP contribution < -0.4 is 21.9 Å². The number of carbonyl (C=O) groups is 2. The smallest absolute Gasteiger partial charge is 0.483 e. The van der Waals surface area contributed by atoms with Gasteiger partial charge in [0.15, 0.2) is 12.5 Å². The van der Waals surface area contributed by atoms with Crippen molar-refractivity contribution in [2.45, 2.75) is 75.5 Å². The van der Waals surface area contributed by atoms with Crippen molar-refractivity contribution < 1.29 is 82.0 Å². The molecule has 2 fully saturated rings. The number of ether oxygens (including phenoxy) is 2. The summed E-state index contributed by atoms with van der Waals surface area (Å²) < 4.78 is 50.5. The molecule has 2 aromatic rings. The van der Waals surface area contributed by atoms with Gasteiger partial charge < -0.3 is 60.5 Å². The van der Waals surface area contributed by atoms with E-state index in [1.807, 2.05) is 27.6 Å². The average Bonchev–Trinajstić information content (AvgIpc) is 3.40. The van der Waals surface area contributed by atoms with Gasteiger partial charge in [0.1, 0.15) is 48.4 Å². The van der Waals surface area contributed by atoms with Crippen molar-refractivity contribution in [2.24, 2.45) is 5.11 Å². The van der Waals surface area contributed by atoms with Gasteiger partial charge in [-0.3, -0.25) is 33.0 Å². The van der Waals surface area contributed by atoms with Crippen LogP contribution in [0.1, 0.15) is 34.6 Å². The number of benzene rings is 1. The summed E-state index contributed by atoms with van der Waals surface area (Å²) in [6, 6.07) is -0.460. The number of hydrogen-bond donors (Lipinski definition) is 11. The van der Waals surface area contributed by atoms with Gasteiger partial charge in [-0.05, 0) is 47.5 Å². The zero-order chi connectivity index (χ0) is 42.6. The highest BCUT2D eigenvalue weighted by atomic mass is 127. The number of amides is 2. The lowest BCUT2D eigenvalue weighted by molar-refractivity contribution is -0.247. The lowest BCUT2D eigenvalue weighted by Gasteiger charge is -2.42. The Morgan fingerprint density at radius 3 is 2.40 bits per heavy atom. The molecule has 26 nitrogen and oxygen atoms in total. The van der Waals surface area contributed by atoms with Crippen LogP contribution >= 0.6 is 38.2 Å². The molecule has 0 spiro atoms. The Labute approximate surface area is 332 Å². The molecule has 2 saturated heterocycles. The molecule has 4 rings (SSSR count). The first-order valence-electron chi connectivity index (χ1n) is 16.1. The summed E-state index contributed by atoms with van der Waals surface area (Å²) >= 11 is 1.82. The summed E-state index contributed by atoms with van der Waals surface area (Å²) in [5.41, 5.74) is 6.74. The van der Waals surface area contributed by atoms with E-state index in [0.29, 0.717) is 8.14 Å². The minimum atomic E-state index is -5.73. The number of rotatable bonds is 15. The lowest BCUT2D eigenvalue weighted by atomic mass is 9.97. The highest BCUT2D eigenvalue weighted by Gasteiger charge is 2.50. The molecule has 29 heteroatoms. The van der Waals surface area contributed by atoms with Gasteiger partial charge in [-0.1, -0.05) is 11.2 Å². The second-order valence-electron chi connectivity index (χ2n) is 12.2. The Hall–Kier alpha value is -3.60. The molecule has 0 bridgehead atoms. The number of aromatic amines is 1. The number of nitrogens with zero attached hydrogens (tertiary/aromatic N) is 4. The molecule has 0 saturated carbocycles. The number of halogens is 1. The molecular formula is C28H36IN7O19P2. The standard InChI is InChI=1S/C28H36IN7O19P2/c1-10-17(34-35-30)14(29)6-13(19(10)39)25(45)31-5-3-4-12-7-36(28(46)33-24(12)44)26-23(43)21(41)16(52-26)9-51-56(47,48)55-57(49,50)54-27-18(32-11(2)38)22(42)20(40)15(8-37)53-27/h3,5-7,15-16,18,20-23,26-27,37,39-43H,4,8-9H2,1-2H3,(H,31,45)(H,32,38)(H,47,48)(H,49,50)(H,33,44,46)/b5-3+/t15?,16-,18?,20?,21-,22?,23-,26-,27?/m1/s1. The van der Waals surface area contributed by atoms with Crippen molar-refractivity contribution in [1.82, 2.24) is 20.2 Å². The quantitative estimate of drug-likeness (QED) is 0.0315. The zero-order valence-corrected chi connectivity index (χ0v) is 33.2. The van der Waals surface area contributed by atoms with Gasteiger partial charge in [-0.25, -0.2) is 13.9 Å². The van der Waals surface area contributed by atoms with Crippen molar-refractivity contribution in [2.75, 3.05) is 13.2 Å². The van der Waals surface area contributed by atoms with E-state index in [1.165, 1.54) is 19.1 Å². The summed E-state index contributed by atoms with van der Waals surface area (Å²) in [5, 5.41) is 69.4. The first-order chi connectivity index (χ1) is 26.6. The number of carbonyl (C=O) groups excluding carboxylic acids is 2. The Morgan fingerprint density at radius 2 is 1.77 bits per heavy atom. The summed E-state index contributed by atoms with van der Waals surface area (Å²) in [7, 11) is -11.4. The second kappa shape index (κ2) is 19.0. The predicted molar refractivity (Wildman–Crippen MR) is 195 cm³/mol. The molecule has 1 aromatic carbocycles. The molecule has 2 aliphatic heterocycles. The number of aliphatic hydroxyl groups excluding tert-OH is 5. The first-order valence-corrected chi connectivity index (χ1v) is 20.2. The zero-order valence-electron chi connectivity index (χ0n) is 29.3. The number of phenolic OH excluding ortho intramolecular Hbond substituents is 1. The second-order valence-corrected chi connectivity index (χ2v) is 16.4. The third-order valence-corrected chi connectivity index (χ3v) is 11.7. The maximum atomic E-state index is 12.7. The van der Waals surface area contributed by atoms with Crippen molar-refractivity contribution in [3.8, 4) is 5.75 Å². The third-order valence-electron chi connectivity index (χ3n) is 8.27. The first kappa shape index (κ1) is 46.1. The van der Waals surface area contributed by atoms with Crippen LogP contribution in [-0.2, 0) is 43.2 Å². The predicted octanol–water partition coefficient (Wildman–Crippen LogP) is -1.60. The minimum absolute atomic E-state index is 0.126. The lowest BCUT2D eigenvalue weighted by Crippen LogP contribution is -2.64. The van der Waals surface area contributed by atoms with Crippen LogP contribution in [0.25, 0.3) is 10.4 Å². The van der Waals surface area contributed by atoms with Gasteiger partial charge in [-0.2, -0.15) is 4.31 Å². The summed E-state index contributed by atoms with van der Waals surface area (Å²) in [5.74, 6) is -2.03.